The molecule has 1 N–H and O–H groups in total. The van der Waals surface area contributed by atoms with Crippen LogP contribution in [0.1, 0.15) is 31.2 Å². The second-order valence-electron chi connectivity index (χ2n) is 9.00. The van der Waals surface area contributed by atoms with Crippen molar-refractivity contribution in [3.63, 3.8) is 0 Å². The summed E-state index contributed by atoms with van der Waals surface area (Å²) in [6.07, 6.45) is 4.49. The third kappa shape index (κ3) is 4.13. The average molecular weight is 457 g/mol. The van der Waals surface area contributed by atoms with Gasteiger partial charge in [0, 0.05) is 17.5 Å². The van der Waals surface area contributed by atoms with Gasteiger partial charge in [-0.2, -0.15) is 0 Å². The summed E-state index contributed by atoms with van der Waals surface area (Å²) < 4.78 is 38.4. The Morgan fingerprint density at radius 1 is 0.812 bits per heavy atom. The lowest BCUT2D eigenvalue weighted by Gasteiger charge is -2.44. The molecule has 0 bridgehead atoms. The van der Waals surface area contributed by atoms with E-state index in [1.165, 1.54) is 12.8 Å². The van der Waals surface area contributed by atoms with Crippen LogP contribution in [0.5, 0.6) is 0 Å². The fraction of sp³-hybridized carbons (Fsp3) is 0.520. The van der Waals surface area contributed by atoms with E-state index in [0.717, 1.165) is 44.6 Å². The summed E-state index contributed by atoms with van der Waals surface area (Å²) in [7, 11) is -3.54. The van der Waals surface area contributed by atoms with Crippen molar-refractivity contribution in [2.75, 3.05) is 39.4 Å². The number of benzene rings is 2. The third-order valence-electron chi connectivity index (χ3n) is 7.23. The number of piperidine rings is 2. The molecule has 7 heteroatoms. The van der Waals surface area contributed by atoms with Crippen molar-refractivity contribution in [3.05, 3.63) is 60.2 Å². The van der Waals surface area contributed by atoms with Crippen molar-refractivity contribution in [2.24, 2.45) is 5.92 Å². The minimum atomic E-state index is -3.54. The lowest BCUT2D eigenvalue weighted by molar-refractivity contribution is -0.215. The van der Waals surface area contributed by atoms with Gasteiger partial charge in [-0.05, 0) is 76.1 Å². The van der Waals surface area contributed by atoms with Crippen LogP contribution in [0.3, 0.4) is 0 Å². The van der Waals surface area contributed by atoms with Crippen LogP contribution in [0.2, 0.25) is 0 Å². The molecule has 32 heavy (non-hydrogen) atoms. The highest BCUT2D eigenvalue weighted by Crippen LogP contribution is 2.44. The molecule has 3 heterocycles. The first-order valence-corrected chi connectivity index (χ1v) is 13.2. The lowest BCUT2D eigenvalue weighted by Crippen LogP contribution is -2.49. The Bertz CT molecular complexity index is 990. The van der Waals surface area contributed by atoms with Gasteiger partial charge in [0.25, 0.3) is 0 Å². The molecule has 0 radical (unpaired) electrons. The maximum absolute atomic E-state index is 13.0. The smallest absolute Gasteiger partial charge is 0.206 e. The number of ether oxygens (including phenoxy) is 2. The van der Waals surface area contributed by atoms with Crippen LogP contribution < -0.4 is 5.32 Å². The fourth-order valence-corrected chi connectivity index (χ4v) is 6.77. The molecule has 2 aromatic rings. The van der Waals surface area contributed by atoms with E-state index in [1.54, 1.807) is 36.4 Å². The second-order valence-corrected chi connectivity index (χ2v) is 10.9. The summed E-state index contributed by atoms with van der Waals surface area (Å²) in [6, 6.07) is 16.4. The molecule has 5 rings (SSSR count). The quantitative estimate of drug-likeness (QED) is 0.745. The Kier molecular flexibility index (Phi) is 6.36. The molecule has 3 fully saturated rings. The number of likely N-dealkylation sites (tertiary alicyclic amines) is 1. The topological polar surface area (TPSA) is 67.9 Å². The van der Waals surface area contributed by atoms with E-state index in [2.05, 4.69) is 10.2 Å². The lowest BCUT2D eigenvalue weighted by atomic mass is 9.83. The summed E-state index contributed by atoms with van der Waals surface area (Å²) in [5, 5.41) is 3.45. The van der Waals surface area contributed by atoms with Gasteiger partial charge < -0.3 is 19.7 Å². The molecule has 0 aliphatic carbocycles. The van der Waals surface area contributed by atoms with E-state index < -0.39 is 15.6 Å². The Balaban J connectivity index is 1.34. The largest absolute Gasteiger partial charge is 0.343 e. The third-order valence-corrected chi connectivity index (χ3v) is 9.01. The number of hydrogen-bond acceptors (Lipinski definition) is 6. The van der Waals surface area contributed by atoms with E-state index in [4.69, 9.17) is 9.47 Å². The number of nitrogens with one attached hydrogen (secondary N) is 1. The molecule has 0 aromatic heterocycles. The van der Waals surface area contributed by atoms with Crippen molar-refractivity contribution in [1.82, 2.24) is 10.2 Å². The first kappa shape index (κ1) is 22.0. The van der Waals surface area contributed by atoms with E-state index in [0.29, 0.717) is 29.0 Å². The number of hydrogen-bond donors (Lipinski definition) is 1. The maximum atomic E-state index is 13.0. The minimum absolute atomic E-state index is 0.263. The van der Waals surface area contributed by atoms with Crippen LogP contribution >= 0.6 is 0 Å². The molecular weight excluding hydrogens is 424 g/mol. The fourth-order valence-electron chi connectivity index (χ4n) is 5.48. The van der Waals surface area contributed by atoms with Gasteiger partial charge in [0.05, 0.1) is 23.0 Å². The first-order chi connectivity index (χ1) is 15.6. The Hall–Kier alpha value is -1.77. The first-order valence-electron chi connectivity index (χ1n) is 11.7. The van der Waals surface area contributed by atoms with Gasteiger partial charge in [0.2, 0.25) is 9.84 Å². The molecule has 3 aliphatic rings. The zero-order valence-electron chi connectivity index (χ0n) is 18.4. The molecule has 0 spiro atoms. The predicted octanol–water partition coefficient (Wildman–Crippen LogP) is 3.18. The van der Waals surface area contributed by atoms with E-state index in [-0.39, 0.29) is 5.92 Å². The minimum Gasteiger partial charge on any atom is -0.343 e. The highest BCUT2D eigenvalue weighted by atomic mass is 32.2. The summed E-state index contributed by atoms with van der Waals surface area (Å²) in [6.45, 7) is 5.48. The van der Waals surface area contributed by atoms with Crippen molar-refractivity contribution in [1.29, 1.82) is 0 Å². The van der Waals surface area contributed by atoms with Crippen LogP contribution in [-0.2, 0) is 25.1 Å². The second kappa shape index (κ2) is 9.23. The molecule has 172 valence electrons. The normalized spacial score (nSPS) is 23.4. The van der Waals surface area contributed by atoms with Gasteiger partial charge in [-0.25, -0.2) is 8.42 Å². The number of sulfone groups is 1. The summed E-state index contributed by atoms with van der Waals surface area (Å²) in [5.41, 5.74) is 0.919. The van der Waals surface area contributed by atoms with Crippen molar-refractivity contribution in [3.8, 4) is 0 Å². The average Bonchev–Trinajstić information content (AvgIpc) is 3.37. The molecule has 0 atom stereocenters. The molecule has 0 unspecified atom stereocenters. The van der Waals surface area contributed by atoms with Crippen LogP contribution in [0, 0.1) is 5.92 Å². The summed E-state index contributed by atoms with van der Waals surface area (Å²) >= 11 is 0. The van der Waals surface area contributed by atoms with Crippen LogP contribution in [0.15, 0.2) is 64.4 Å². The van der Waals surface area contributed by atoms with Crippen LogP contribution in [0.4, 0.5) is 0 Å². The van der Waals surface area contributed by atoms with Crippen molar-refractivity contribution in [2.45, 2.75) is 47.3 Å². The van der Waals surface area contributed by atoms with Gasteiger partial charge in [-0.3, -0.25) is 0 Å². The maximum Gasteiger partial charge on any atom is 0.206 e. The van der Waals surface area contributed by atoms with Crippen molar-refractivity contribution >= 4 is 9.84 Å². The standard InChI is InChI=1S/C25H32N2O4S/c28-32(29,23-4-2-1-3-5-23)24-8-6-20(7-9-24)25(30-18-19-31-25)21-12-16-27(17-13-21)22-10-14-26-15-11-22/h1-9,21-22,26H,10-19H2. The van der Waals surface area contributed by atoms with Gasteiger partial charge in [0.15, 0.2) is 5.79 Å². The SMILES string of the molecule is O=S(=O)(c1ccccc1)c1ccc(C2(C3CCN(C4CCNCC4)CC3)OCCO2)cc1. The van der Waals surface area contributed by atoms with Gasteiger partial charge in [-0.1, -0.05) is 30.3 Å². The zero-order chi connectivity index (χ0) is 22.0. The van der Waals surface area contributed by atoms with Crippen molar-refractivity contribution < 1.29 is 17.9 Å². The van der Waals surface area contributed by atoms with Gasteiger partial charge in [-0.15, -0.1) is 0 Å². The van der Waals surface area contributed by atoms with E-state index in [1.807, 2.05) is 18.2 Å². The summed E-state index contributed by atoms with van der Waals surface area (Å²) in [5.74, 6) is -0.505. The molecule has 3 saturated heterocycles. The summed E-state index contributed by atoms with van der Waals surface area (Å²) in [4.78, 5) is 3.23. The van der Waals surface area contributed by atoms with E-state index >= 15 is 0 Å². The number of nitrogens with zero attached hydrogens (tertiary/aromatic N) is 1. The Labute approximate surface area is 190 Å². The van der Waals surface area contributed by atoms with E-state index in [9.17, 15) is 8.42 Å². The molecule has 0 amide bonds. The monoisotopic (exact) mass is 456 g/mol. The molecule has 3 aliphatic heterocycles. The van der Waals surface area contributed by atoms with Gasteiger partial charge in [0.1, 0.15) is 0 Å². The highest BCUT2D eigenvalue weighted by molar-refractivity contribution is 7.91. The highest BCUT2D eigenvalue weighted by Gasteiger charge is 2.47. The van der Waals surface area contributed by atoms with Crippen LogP contribution in [0.25, 0.3) is 0 Å². The zero-order valence-corrected chi connectivity index (χ0v) is 19.2. The molecule has 2 aromatic carbocycles. The Morgan fingerprint density at radius 2 is 1.41 bits per heavy atom. The van der Waals surface area contributed by atoms with Crippen LogP contribution in [-0.4, -0.2) is 58.8 Å². The molecule has 0 saturated carbocycles. The molecular formula is C25H32N2O4S. The number of rotatable bonds is 5. The predicted molar refractivity (Wildman–Crippen MR) is 122 cm³/mol. The molecule has 6 nitrogen and oxygen atoms in total. The Morgan fingerprint density at radius 3 is 2.03 bits per heavy atom. The van der Waals surface area contributed by atoms with Gasteiger partial charge >= 0.3 is 0 Å².